The van der Waals surface area contributed by atoms with E-state index >= 15 is 0 Å². The van der Waals surface area contributed by atoms with Gasteiger partial charge in [0.1, 0.15) is 24.5 Å². The Morgan fingerprint density at radius 3 is 2.58 bits per heavy atom. The highest BCUT2D eigenvalue weighted by atomic mass is 16.6. The zero-order valence-corrected chi connectivity index (χ0v) is 16.8. The zero-order chi connectivity index (χ0) is 21.6. The third-order valence-electron chi connectivity index (χ3n) is 4.44. The molecule has 0 atom stereocenters. The van der Waals surface area contributed by atoms with Gasteiger partial charge in [-0.25, -0.2) is 4.79 Å². The Hall–Kier alpha value is -4.00. The van der Waals surface area contributed by atoms with Gasteiger partial charge in [0.2, 0.25) is 16.9 Å². The monoisotopic (exact) mass is 420 g/mol. The molecule has 2 heterocycles. The predicted octanol–water partition coefficient (Wildman–Crippen LogP) is 4.36. The second kappa shape index (κ2) is 9.21. The molecule has 0 aliphatic rings. The van der Waals surface area contributed by atoms with Crippen molar-refractivity contribution in [1.29, 1.82) is 0 Å². The Kier molecular flexibility index (Phi) is 6.03. The summed E-state index contributed by atoms with van der Waals surface area (Å²) in [6.07, 6.45) is 1.46. The molecule has 158 valence electrons. The lowest BCUT2D eigenvalue weighted by Crippen LogP contribution is -2.21. The number of furan rings is 1. The van der Waals surface area contributed by atoms with Crippen molar-refractivity contribution >= 4 is 16.9 Å². The van der Waals surface area contributed by atoms with E-state index in [2.05, 4.69) is 0 Å². The topological polar surface area (TPSA) is 88.1 Å². The van der Waals surface area contributed by atoms with Gasteiger partial charge in [-0.1, -0.05) is 29.8 Å². The maximum Gasteiger partial charge on any atom is 0.344 e. The number of hydrogen-bond acceptors (Lipinski definition) is 7. The maximum absolute atomic E-state index is 13.0. The van der Waals surface area contributed by atoms with Gasteiger partial charge in [0, 0.05) is 0 Å². The lowest BCUT2D eigenvalue weighted by molar-refractivity contribution is -0.146. The molecule has 4 aromatic rings. The normalized spacial score (nSPS) is 10.7. The van der Waals surface area contributed by atoms with Crippen molar-refractivity contribution in [3.63, 3.8) is 0 Å². The molecule has 7 heteroatoms. The van der Waals surface area contributed by atoms with Crippen molar-refractivity contribution in [2.24, 2.45) is 0 Å². The molecule has 4 rings (SSSR count). The fourth-order valence-corrected chi connectivity index (χ4v) is 3.00. The fourth-order valence-electron chi connectivity index (χ4n) is 3.00. The largest absolute Gasteiger partial charge is 0.490 e. The summed E-state index contributed by atoms with van der Waals surface area (Å²) >= 11 is 0. The molecule has 31 heavy (non-hydrogen) atoms. The van der Waals surface area contributed by atoms with Crippen LogP contribution in [-0.2, 0) is 9.53 Å². The molecule has 0 radical (unpaired) electrons. The third kappa shape index (κ3) is 4.78. The van der Waals surface area contributed by atoms with Gasteiger partial charge in [-0.15, -0.1) is 0 Å². The van der Waals surface area contributed by atoms with Crippen molar-refractivity contribution in [2.75, 3.05) is 19.8 Å². The van der Waals surface area contributed by atoms with Gasteiger partial charge >= 0.3 is 5.97 Å². The van der Waals surface area contributed by atoms with Gasteiger partial charge in [-0.2, -0.15) is 0 Å². The first kappa shape index (κ1) is 20.3. The first-order valence-electron chi connectivity index (χ1n) is 9.69. The number of para-hydroxylation sites is 1. The van der Waals surface area contributed by atoms with E-state index < -0.39 is 18.0 Å². The Balaban J connectivity index is 1.45. The van der Waals surface area contributed by atoms with E-state index in [1.54, 1.807) is 24.3 Å². The van der Waals surface area contributed by atoms with Crippen molar-refractivity contribution in [1.82, 2.24) is 0 Å². The van der Waals surface area contributed by atoms with Crippen LogP contribution in [0.25, 0.3) is 22.5 Å². The van der Waals surface area contributed by atoms with Crippen LogP contribution in [0.2, 0.25) is 0 Å². The summed E-state index contributed by atoms with van der Waals surface area (Å²) in [6.45, 7) is 1.66. The average molecular weight is 420 g/mol. The first-order chi connectivity index (χ1) is 15.1. The molecule has 0 fully saturated rings. The minimum absolute atomic E-state index is 0.0493. The summed E-state index contributed by atoms with van der Waals surface area (Å²) in [4.78, 5) is 25.1. The Bertz CT molecular complexity index is 1220. The van der Waals surface area contributed by atoms with Crippen molar-refractivity contribution in [3.05, 3.63) is 82.7 Å². The number of carbonyl (C=O) groups is 1. The molecule has 0 N–H and O–H groups in total. The second-order valence-corrected chi connectivity index (χ2v) is 6.74. The van der Waals surface area contributed by atoms with Gasteiger partial charge < -0.3 is 23.0 Å². The molecule has 0 saturated carbocycles. The highest BCUT2D eigenvalue weighted by Crippen LogP contribution is 2.31. The van der Waals surface area contributed by atoms with Crippen LogP contribution in [0.4, 0.5) is 0 Å². The van der Waals surface area contributed by atoms with Gasteiger partial charge in [0.15, 0.2) is 12.4 Å². The van der Waals surface area contributed by atoms with E-state index in [1.165, 1.54) is 6.26 Å². The number of aryl methyl sites for hydroxylation is 1. The molecule has 0 bridgehead atoms. The smallest absolute Gasteiger partial charge is 0.344 e. The van der Waals surface area contributed by atoms with Crippen LogP contribution in [-0.4, -0.2) is 25.8 Å². The Labute approximate surface area is 177 Å². The molecule has 0 aliphatic carbocycles. The number of benzene rings is 2. The predicted molar refractivity (Wildman–Crippen MR) is 113 cm³/mol. The van der Waals surface area contributed by atoms with Crippen LogP contribution < -0.4 is 14.9 Å². The molecule has 2 aromatic heterocycles. The number of fused-ring (bicyclic) bond motifs is 1. The summed E-state index contributed by atoms with van der Waals surface area (Å²) in [5, 5.41) is 0.356. The van der Waals surface area contributed by atoms with E-state index in [1.807, 2.05) is 43.3 Å². The van der Waals surface area contributed by atoms with Crippen LogP contribution in [0.1, 0.15) is 5.56 Å². The highest BCUT2D eigenvalue weighted by Gasteiger charge is 2.21. The average Bonchev–Trinajstić information content (AvgIpc) is 3.32. The molecule has 0 spiro atoms. The molecular weight excluding hydrogens is 400 g/mol. The standard InChI is InChI=1S/C24H20O7/c1-16-9-10-19-18(14-16)22(26)24(23(31-19)20-8-5-11-28-20)30-15-21(25)29-13-12-27-17-6-3-2-4-7-17/h2-11,14H,12-13,15H2,1H3. The summed E-state index contributed by atoms with van der Waals surface area (Å²) in [5.74, 6) is 0.379. The number of carbonyl (C=O) groups excluding carboxylic acids is 1. The zero-order valence-electron chi connectivity index (χ0n) is 16.8. The lowest BCUT2D eigenvalue weighted by Gasteiger charge is -2.11. The SMILES string of the molecule is Cc1ccc2oc(-c3ccco3)c(OCC(=O)OCCOc3ccccc3)c(=O)c2c1. The van der Waals surface area contributed by atoms with Crippen LogP contribution in [0.15, 0.2) is 80.6 Å². The van der Waals surface area contributed by atoms with E-state index in [0.29, 0.717) is 22.5 Å². The van der Waals surface area contributed by atoms with Gasteiger partial charge in [0.05, 0.1) is 11.6 Å². The molecule has 2 aromatic carbocycles. The van der Waals surface area contributed by atoms with Crippen LogP contribution in [0, 0.1) is 6.92 Å². The molecular formula is C24H20O7. The maximum atomic E-state index is 13.0. The van der Waals surface area contributed by atoms with Gasteiger partial charge in [0.25, 0.3) is 0 Å². The highest BCUT2D eigenvalue weighted by molar-refractivity contribution is 5.82. The molecule has 0 saturated heterocycles. The van der Waals surface area contributed by atoms with Crippen molar-refractivity contribution < 1.29 is 27.8 Å². The molecule has 0 unspecified atom stereocenters. The number of rotatable bonds is 8. The van der Waals surface area contributed by atoms with E-state index in [-0.39, 0.29) is 24.7 Å². The van der Waals surface area contributed by atoms with Crippen molar-refractivity contribution in [3.8, 4) is 23.0 Å². The quantitative estimate of drug-likeness (QED) is 0.309. The van der Waals surface area contributed by atoms with Crippen molar-refractivity contribution in [2.45, 2.75) is 6.92 Å². The minimum Gasteiger partial charge on any atom is -0.490 e. The minimum atomic E-state index is -0.634. The van der Waals surface area contributed by atoms with Gasteiger partial charge in [-0.05, 0) is 43.3 Å². The molecule has 0 amide bonds. The summed E-state index contributed by atoms with van der Waals surface area (Å²) in [5.41, 5.74) is 0.904. The fraction of sp³-hybridized carbons (Fsp3) is 0.167. The molecule has 0 aliphatic heterocycles. The van der Waals surface area contributed by atoms with E-state index in [0.717, 1.165) is 5.56 Å². The number of hydrogen-bond donors (Lipinski definition) is 0. The third-order valence-corrected chi connectivity index (χ3v) is 4.44. The summed E-state index contributed by atoms with van der Waals surface area (Å²) in [6, 6.07) is 17.8. The Morgan fingerprint density at radius 2 is 1.81 bits per heavy atom. The van der Waals surface area contributed by atoms with E-state index in [4.69, 9.17) is 23.0 Å². The van der Waals surface area contributed by atoms with Crippen LogP contribution in [0.3, 0.4) is 0 Å². The van der Waals surface area contributed by atoms with E-state index in [9.17, 15) is 9.59 Å². The summed E-state index contributed by atoms with van der Waals surface area (Å²) < 4.78 is 27.4. The number of ether oxygens (including phenoxy) is 3. The van der Waals surface area contributed by atoms with Gasteiger partial charge in [-0.3, -0.25) is 4.79 Å². The lowest BCUT2D eigenvalue weighted by atomic mass is 10.1. The molecule has 7 nitrogen and oxygen atoms in total. The van der Waals surface area contributed by atoms with Crippen LogP contribution in [0.5, 0.6) is 11.5 Å². The summed E-state index contributed by atoms with van der Waals surface area (Å²) in [7, 11) is 0. The second-order valence-electron chi connectivity index (χ2n) is 6.74. The van der Waals surface area contributed by atoms with Crippen LogP contribution >= 0.6 is 0 Å². The Morgan fingerprint density at radius 1 is 0.968 bits per heavy atom. The first-order valence-corrected chi connectivity index (χ1v) is 9.69. The number of esters is 1.